The molecule has 7 heteroatoms. The molecule has 5 nitrogen and oxygen atoms in total. The molecule has 0 heterocycles. The summed E-state index contributed by atoms with van der Waals surface area (Å²) in [6.07, 6.45) is 0.342. The van der Waals surface area contributed by atoms with Crippen molar-refractivity contribution < 1.29 is 10.0 Å². The largest absolute Gasteiger partial charge is 0.506 e. The van der Waals surface area contributed by atoms with Crippen LogP contribution < -0.4 is 5.73 Å². The Hall–Kier alpha value is -1.30. The summed E-state index contributed by atoms with van der Waals surface area (Å²) in [7, 11) is 0. The Morgan fingerprint density at radius 2 is 2.22 bits per heavy atom. The molecule has 0 bridgehead atoms. The Morgan fingerprint density at radius 1 is 1.67 bits per heavy atom. The van der Waals surface area contributed by atoms with Gasteiger partial charge in [0.2, 0.25) is 0 Å². The fourth-order valence-electron chi connectivity index (χ4n) is 1.57. The van der Waals surface area contributed by atoms with E-state index < -0.39 is 11.0 Å². The van der Waals surface area contributed by atoms with E-state index in [0.29, 0.717) is 6.42 Å². The molecule has 0 amide bonds. The highest BCUT2D eigenvalue weighted by molar-refractivity contribution is 6.32. The molecule has 0 aliphatic carbocycles. The molecule has 0 saturated heterocycles. The van der Waals surface area contributed by atoms with Crippen LogP contribution in [0.4, 0.5) is 5.69 Å². The number of rotatable bonds is 4. The lowest BCUT2D eigenvalue weighted by Crippen LogP contribution is -2.13. The Morgan fingerprint density at radius 3 is 2.67 bits per heavy atom. The predicted molar refractivity (Wildman–Crippen MR) is 73.4 cm³/mol. The smallest absolute Gasteiger partial charge is 0.278 e. The van der Waals surface area contributed by atoms with Crippen molar-refractivity contribution in [1.29, 1.82) is 0 Å². The Labute approximate surface area is 116 Å². The lowest BCUT2D eigenvalue weighted by Gasteiger charge is -2.14. The number of nitrogens with two attached hydrogens (primary N) is 1. The van der Waals surface area contributed by atoms with Gasteiger partial charge in [0.25, 0.3) is 5.69 Å². The third-order valence-electron chi connectivity index (χ3n) is 2.28. The Bertz CT molecular complexity index is 478. The first-order valence-corrected chi connectivity index (χ1v) is 5.28. The summed E-state index contributed by atoms with van der Waals surface area (Å²) in [5, 5.41) is 20.7. The summed E-state index contributed by atoms with van der Waals surface area (Å²) in [5.74, 6) is -0.338. The van der Waals surface area contributed by atoms with Crippen LogP contribution >= 0.6 is 24.0 Å². The van der Waals surface area contributed by atoms with Crippen LogP contribution in [0.25, 0.3) is 0 Å². The minimum Gasteiger partial charge on any atom is -0.506 e. The molecule has 0 saturated carbocycles. The van der Waals surface area contributed by atoms with Crippen molar-refractivity contribution in [3.63, 3.8) is 0 Å². The molecule has 1 aromatic carbocycles. The SMILES string of the molecule is C=C(C)C[C@H](N)c1c([N+](=O)[O-])ccc(Cl)c1O.Cl. The van der Waals surface area contributed by atoms with Crippen molar-refractivity contribution in [2.45, 2.75) is 19.4 Å². The van der Waals surface area contributed by atoms with Crippen molar-refractivity contribution in [3.8, 4) is 5.75 Å². The quantitative estimate of drug-likeness (QED) is 0.506. The number of nitrogens with zero attached hydrogens (tertiary/aromatic N) is 1. The number of benzene rings is 1. The Kier molecular flexibility index (Phi) is 6.11. The number of nitro groups is 1. The first kappa shape index (κ1) is 16.7. The van der Waals surface area contributed by atoms with Gasteiger partial charge in [-0.15, -0.1) is 19.0 Å². The molecule has 18 heavy (non-hydrogen) atoms. The molecule has 0 unspecified atom stereocenters. The van der Waals surface area contributed by atoms with E-state index in [4.69, 9.17) is 17.3 Å². The number of halogens is 2. The highest BCUT2D eigenvalue weighted by Crippen LogP contribution is 2.39. The van der Waals surface area contributed by atoms with E-state index in [1.807, 2.05) is 0 Å². The highest BCUT2D eigenvalue weighted by Gasteiger charge is 2.25. The molecular formula is C11H14Cl2N2O3. The molecule has 100 valence electrons. The van der Waals surface area contributed by atoms with Crippen LogP contribution in [0.3, 0.4) is 0 Å². The molecule has 1 aromatic rings. The van der Waals surface area contributed by atoms with Gasteiger partial charge in [0, 0.05) is 12.1 Å². The van der Waals surface area contributed by atoms with Gasteiger partial charge in [-0.1, -0.05) is 17.2 Å². The standard InChI is InChI=1S/C11H13ClN2O3.ClH/c1-6(2)5-8(13)10-9(14(16)17)4-3-7(12)11(10)15;/h3-4,8,15H,1,5,13H2,2H3;1H/t8-;/m0./s1. The lowest BCUT2D eigenvalue weighted by atomic mass is 9.98. The maximum absolute atomic E-state index is 10.8. The fourth-order valence-corrected chi connectivity index (χ4v) is 1.74. The number of nitro benzene ring substituents is 1. The van der Waals surface area contributed by atoms with Gasteiger partial charge < -0.3 is 10.8 Å². The van der Waals surface area contributed by atoms with Gasteiger partial charge in [-0.2, -0.15) is 0 Å². The van der Waals surface area contributed by atoms with E-state index in [1.165, 1.54) is 12.1 Å². The molecule has 0 spiro atoms. The average molecular weight is 293 g/mol. The topological polar surface area (TPSA) is 89.4 Å². The maximum Gasteiger partial charge on any atom is 0.278 e. The minimum atomic E-state index is -0.702. The predicted octanol–water partition coefficient (Wildman–Crippen LogP) is 3.34. The van der Waals surface area contributed by atoms with Gasteiger partial charge in [-0.05, 0) is 19.4 Å². The zero-order valence-corrected chi connectivity index (χ0v) is 11.3. The van der Waals surface area contributed by atoms with Gasteiger partial charge >= 0.3 is 0 Å². The summed E-state index contributed by atoms with van der Waals surface area (Å²) in [4.78, 5) is 10.3. The van der Waals surface area contributed by atoms with Gasteiger partial charge in [0.05, 0.1) is 15.5 Å². The second kappa shape index (κ2) is 6.58. The van der Waals surface area contributed by atoms with Gasteiger partial charge in [0.15, 0.2) is 0 Å². The van der Waals surface area contributed by atoms with E-state index >= 15 is 0 Å². The van der Waals surface area contributed by atoms with Crippen molar-refractivity contribution in [2.24, 2.45) is 5.73 Å². The van der Waals surface area contributed by atoms with E-state index in [0.717, 1.165) is 5.57 Å². The highest BCUT2D eigenvalue weighted by atomic mass is 35.5. The molecule has 3 N–H and O–H groups in total. The summed E-state index contributed by atoms with van der Waals surface area (Å²) >= 11 is 5.72. The molecule has 0 radical (unpaired) electrons. The summed E-state index contributed by atoms with van der Waals surface area (Å²) in [5.41, 5.74) is 6.40. The van der Waals surface area contributed by atoms with Crippen molar-refractivity contribution >= 4 is 29.7 Å². The minimum absolute atomic E-state index is 0. The van der Waals surface area contributed by atoms with Gasteiger partial charge in [0.1, 0.15) is 5.75 Å². The summed E-state index contributed by atoms with van der Waals surface area (Å²) in [6, 6.07) is 1.80. The van der Waals surface area contributed by atoms with Crippen LogP contribution in [-0.4, -0.2) is 10.0 Å². The maximum atomic E-state index is 10.8. The Balaban J connectivity index is 0.00000289. The molecule has 1 atom stereocenters. The second-order valence-corrected chi connectivity index (χ2v) is 4.26. The summed E-state index contributed by atoms with van der Waals surface area (Å²) in [6.45, 7) is 5.44. The zero-order chi connectivity index (χ0) is 13.2. The number of hydrogen-bond acceptors (Lipinski definition) is 4. The first-order valence-electron chi connectivity index (χ1n) is 4.90. The van der Waals surface area contributed by atoms with Crippen LogP contribution in [-0.2, 0) is 0 Å². The lowest BCUT2D eigenvalue weighted by molar-refractivity contribution is -0.385. The average Bonchev–Trinajstić information content (AvgIpc) is 2.20. The van der Waals surface area contributed by atoms with Crippen molar-refractivity contribution in [3.05, 3.63) is 45.0 Å². The van der Waals surface area contributed by atoms with E-state index in [9.17, 15) is 15.2 Å². The number of hydrogen-bond donors (Lipinski definition) is 2. The van der Waals surface area contributed by atoms with Crippen LogP contribution in [0.5, 0.6) is 5.75 Å². The van der Waals surface area contributed by atoms with Crippen LogP contribution in [0.1, 0.15) is 24.9 Å². The monoisotopic (exact) mass is 292 g/mol. The summed E-state index contributed by atoms with van der Waals surface area (Å²) < 4.78 is 0. The van der Waals surface area contributed by atoms with Crippen molar-refractivity contribution in [1.82, 2.24) is 0 Å². The third-order valence-corrected chi connectivity index (χ3v) is 2.59. The van der Waals surface area contributed by atoms with E-state index in [-0.39, 0.29) is 34.4 Å². The molecular weight excluding hydrogens is 279 g/mol. The number of phenols is 1. The van der Waals surface area contributed by atoms with Crippen LogP contribution in [0, 0.1) is 10.1 Å². The third kappa shape index (κ3) is 3.60. The van der Waals surface area contributed by atoms with Crippen LogP contribution in [0.15, 0.2) is 24.3 Å². The van der Waals surface area contributed by atoms with Crippen LogP contribution in [0.2, 0.25) is 5.02 Å². The van der Waals surface area contributed by atoms with E-state index in [1.54, 1.807) is 6.92 Å². The van der Waals surface area contributed by atoms with E-state index in [2.05, 4.69) is 6.58 Å². The van der Waals surface area contributed by atoms with Gasteiger partial charge in [-0.25, -0.2) is 0 Å². The molecule has 0 aromatic heterocycles. The molecule has 0 aliphatic heterocycles. The van der Waals surface area contributed by atoms with Crippen molar-refractivity contribution in [2.75, 3.05) is 0 Å². The first-order chi connectivity index (χ1) is 7.84. The second-order valence-electron chi connectivity index (χ2n) is 3.85. The molecule has 1 rings (SSSR count). The van der Waals surface area contributed by atoms with Gasteiger partial charge in [-0.3, -0.25) is 10.1 Å². The number of phenolic OH excluding ortho intramolecular Hbond substituents is 1. The molecule has 0 aliphatic rings. The fraction of sp³-hybridized carbons (Fsp3) is 0.273. The zero-order valence-electron chi connectivity index (χ0n) is 9.72. The molecule has 0 fully saturated rings. The normalized spacial score (nSPS) is 11.5. The number of aromatic hydroxyl groups is 1.